The predicted molar refractivity (Wildman–Crippen MR) is 106 cm³/mol. The van der Waals surface area contributed by atoms with Crippen LogP contribution < -0.4 is 0 Å². The van der Waals surface area contributed by atoms with Crippen molar-refractivity contribution in [1.29, 1.82) is 0 Å². The van der Waals surface area contributed by atoms with Gasteiger partial charge in [-0.2, -0.15) is 0 Å². The predicted octanol–water partition coefficient (Wildman–Crippen LogP) is 3.58. The maximum absolute atomic E-state index is 11.9. The number of aliphatic hydroxyl groups is 2. The fraction of sp³-hybridized carbons (Fsp3) is 0.545. The SMILES string of the molecule is CC[C@H]1[C@@H](O)CC(=O)[C@@H]1/C=C/[C@@H](O)C/C=C\C/C=C\C/C=C\CCC(=O)O. The van der Waals surface area contributed by atoms with Crippen LogP contribution >= 0.6 is 0 Å². The first kappa shape index (κ1) is 23.1. The van der Waals surface area contributed by atoms with Gasteiger partial charge in [0.25, 0.3) is 0 Å². The molecule has 1 saturated carbocycles. The van der Waals surface area contributed by atoms with Crippen molar-refractivity contribution in [1.82, 2.24) is 0 Å². The fourth-order valence-corrected chi connectivity index (χ4v) is 3.18. The highest BCUT2D eigenvalue weighted by molar-refractivity contribution is 5.85. The molecule has 0 aromatic carbocycles. The second-order valence-electron chi connectivity index (χ2n) is 6.84. The first-order valence-corrected chi connectivity index (χ1v) is 9.69. The van der Waals surface area contributed by atoms with Crippen molar-refractivity contribution >= 4 is 11.8 Å². The lowest BCUT2D eigenvalue weighted by Crippen LogP contribution is -2.18. The number of Topliss-reactive ketones (excluding diaryl/α,β-unsaturated/α-hetero) is 1. The van der Waals surface area contributed by atoms with Crippen molar-refractivity contribution in [2.24, 2.45) is 11.8 Å². The Morgan fingerprint density at radius 3 is 2.41 bits per heavy atom. The molecule has 0 unspecified atom stereocenters. The molecular formula is C22H32O5. The smallest absolute Gasteiger partial charge is 0.303 e. The van der Waals surface area contributed by atoms with E-state index in [4.69, 9.17) is 5.11 Å². The number of rotatable bonds is 12. The summed E-state index contributed by atoms with van der Waals surface area (Å²) in [6.45, 7) is 1.96. The van der Waals surface area contributed by atoms with Crippen molar-refractivity contribution in [2.75, 3.05) is 0 Å². The molecule has 0 bridgehead atoms. The van der Waals surface area contributed by atoms with E-state index >= 15 is 0 Å². The van der Waals surface area contributed by atoms with Crippen LogP contribution in [0.25, 0.3) is 0 Å². The minimum absolute atomic E-state index is 0.0418. The minimum Gasteiger partial charge on any atom is -0.481 e. The molecule has 0 radical (unpaired) electrons. The molecule has 0 amide bonds. The van der Waals surface area contributed by atoms with Crippen molar-refractivity contribution in [2.45, 2.75) is 64.1 Å². The Hall–Kier alpha value is -1.98. The summed E-state index contributed by atoms with van der Waals surface area (Å²) in [7, 11) is 0. The highest BCUT2D eigenvalue weighted by atomic mass is 16.4. The number of aliphatic carboxylic acids is 1. The molecule has 4 atom stereocenters. The van der Waals surface area contributed by atoms with Crippen LogP contribution in [-0.2, 0) is 9.59 Å². The van der Waals surface area contributed by atoms with Crippen molar-refractivity contribution in [3.63, 3.8) is 0 Å². The van der Waals surface area contributed by atoms with Crippen LogP contribution in [0.2, 0.25) is 0 Å². The molecule has 0 aromatic heterocycles. The molecular weight excluding hydrogens is 344 g/mol. The van der Waals surface area contributed by atoms with E-state index in [2.05, 4.69) is 0 Å². The Bertz CT molecular complexity index is 573. The van der Waals surface area contributed by atoms with Gasteiger partial charge in [0.05, 0.1) is 12.2 Å². The third-order valence-corrected chi connectivity index (χ3v) is 4.70. The van der Waals surface area contributed by atoms with E-state index in [1.54, 1.807) is 12.2 Å². The Morgan fingerprint density at radius 2 is 1.78 bits per heavy atom. The number of hydrogen-bond donors (Lipinski definition) is 3. The average Bonchev–Trinajstić information content (AvgIpc) is 2.90. The van der Waals surface area contributed by atoms with Crippen molar-refractivity contribution in [3.05, 3.63) is 48.6 Å². The number of carboxylic acids is 1. The monoisotopic (exact) mass is 376 g/mol. The molecule has 1 aliphatic carbocycles. The zero-order valence-electron chi connectivity index (χ0n) is 16.0. The number of carbonyl (C=O) groups excluding carboxylic acids is 1. The first-order valence-electron chi connectivity index (χ1n) is 9.69. The Balaban J connectivity index is 2.22. The van der Waals surface area contributed by atoms with Gasteiger partial charge < -0.3 is 15.3 Å². The summed E-state index contributed by atoms with van der Waals surface area (Å²) in [4.78, 5) is 22.2. The molecule has 150 valence electrons. The Labute approximate surface area is 161 Å². The maximum Gasteiger partial charge on any atom is 0.303 e. The van der Waals surface area contributed by atoms with Crippen LogP contribution in [0.4, 0.5) is 0 Å². The van der Waals surface area contributed by atoms with Crippen LogP contribution in [-0.4, -0.2) is 39.3 Å². The van der Waals surface area contributed by atoms with Gasteiger partial charge in [-0.15, -0.1) is 0 Å². The Kier molecular flexibility index (Phi) is 11.3. The third kappa shape index (κ3) is 9.50. The quantitative estimate of drug-likeness (QED) is 0.453. The maximum atomic E-state index is 11.9. The molecule has 27 heavy (non-hydrogen) atoms. The number of carbonyl (C=O) groups is 2. The fourth-order valence-electron chi connectivity index (χ4n) is 3.18. The van der Waals surface area contributed by atoms with Gasteiger partial charge >= 0.3 is 5.97 Å². The van der Waals surface area contributed by atoms with Crippen LogP contribution in [0.5, 0.6) is 0 Å². The van der Waals surface area contributed by atoms with Gasteiger partial charge in [0.2, 0.25) is 0 Å². The highest BCUT2D eigenvalue weighted by Gasteiger charge is 2.38. The van der Waals surface area contributed by atoms with E-state index in [9.17, 15) is 19.8 Å². The molecule has 5 heteroatoms. The molecule has 3 N–H and O–H groups in total. The first-order chi connectivity index (χ1) is 13.0. The lowest BCUT2D eigenvalue weighted by atomic mass is 9.91. The summed E-state index contributed by atoms with van der Waals surface area (Å²) in [6, 6.07) is 0. The van der Waals surface area contributed by atoms with Crippen LogP contribution in [0.1, 0.15) is 51.9 Å². The van der Waals surface area contributed by atoms with Gasteiger partial charge in [0.1, 0.15) is 5.78 Å². The lowest BCUT2D eigenvalue weighted by molar-refractivity contribution is -0.136. The zero-order chi connectivity index (χ0) is 20.1. The number of allylic oxidation sites excluding steroid dienone is 6. The van der Waals surface area contributed by atoms with Crippen LogP contribution in [0, 0.1) is 11.8 Å². The van der Waals surface area contributed by atoms with Crippen molar-refractivity contribution < 1.29 is 24.9 Å². The van der Waals surface area contributed by atoms with E-state index in [-0.39, 0.29) is 30.5 Å². The van der Waals surface area contributed by atoms with Gasteiger partial charge in [0.15, 0.2) is 0 Å². The highest BCUT2D eigenvalue weighted by Crippen LogP contribution is 2.32. The average molecular weight is 376 g/mol. The third-order valence-electron chi connectivity index (χ3n) is 4.70. The number of aliphatic hydroxyl groups excluding tert-OH is 2. The standard InChI is InChI=1S/C22H32O5/c1-2-18-19(21(25)16-20(18)24)15-14-17(23)12-10-8-6-4-3-5-7-9-11-13-22(26)27/h3-4,7-10,14-15,17-20,23-24H,2,5-6,11-13,16H2,1H3,(H,26,27)/b4-3-,9-7-,10-8-,15-14+/t17-,18+,19+,20-/m0/s1. The van der Waals surface area contributed by atoms with E-state index in [0.29, 0.717) is 12.8 Å². The Morgan fingerprint density at radius 1 is 1.15 bits per heavy atom. The summed E-state index contributed by atoms with van der Waals surface area (Å²) in [5.41, 5.74) is 0. The summed E-state index contributed by atoms with van der Waals surface area (Å²) in [5.74, 6) is -1.06. The number of carboxylic acid groups (broad SMARTS) is 1. The van der Waals surface area contributed by atoms with E-state index < -0.39 is 18.2 Å². The lowest BCUT2D eigenvalue weighted by Gasteiger charge is -2.16. The summed E-state index contributed by atoms with van der Waals surface area (Å²) in [6.07, 6.45) is 17.7. The summed E-state index contributed by atoms with van der Waals surface area (Å²) < 4.78 is 0. The van der Waals surface area contributed by atoms with Gasteiger partial charge in [0, 0.05) is 18.8 Å². The van der Waals surface area contributed by atoms with E-state index in [0.717, 1.165) is 19.3 Å². The largest absolute Gasteiger partial charge is 0.481 e. The molecule has 1 fully saturated rings. The molecule has 0 aliphatic heterocycles. The summed E-state index contributed by atoms with van der Waals surface area (Å²) in [5, 5.41) is 28.4. The zero-order valence-corrected chi connectivity index (χ0v) is 16.0. The van der Waals surface area contributed by atoms with E-state index in [1.807, 2.05) is 43.4 Å². The van der Waals surface area contributed by atoms with Crippen LogP contribution in [0.15, 0.2) is 48.6 Å². The molecule has 1 aliphatic rings. The molecule has 0 heterocycles. The number of ketones is 1. The normalized spacial score (nSPS) is 24.9. The number of hydrogen-bond acceptors (Lipinski definition) is 4. The topological polar surface area (TPSA) is 94.8 Å². The molecule has 0 saturated heterocycles. The minimum atomic E-state index is -0.782. The second kappa shape index (κ2) is 13.2. The molecule has 0 aromatic rings. The molecule has 0 spiro atoms. The van der Waals surface area contributed by atoms with E-state index in [1.165, 1.54) is 0 Å². The molecule has 5 nitrogen and oxygen atoms in total. The van der Waals surface area contributed by atoms with Gasteiger partial charge in [-0.25, -0.2) is 0 Å². The van der Waals surface area contributed by atoms with Gasteiger partial charge in [-0.3, -0.25) is 9.59 Å². The summed E-state index contributed by atoms with van der Waals surface area (Å²) >= 11 is 0. The molecule has 1 rings (SSSR count). The second-order valence-corrected chi connectivity index (χ2v) is 6.84. The van der Waals surface area contributed by atoms with Gasteiger partial charge in [-0.1, -0.05) is 55.5 Å². The van der Waals surface area contributed by atoms with Crippen molar-refractivity contribution in [3.8, 4) is 0 Å². The van der Waals surface area contributed by atoms with Crippen LogP contribution in [0.3, 0.4) is 0 Å². The van der Waals surface area contributed by atoms with Gasteiger partial charge in [-0.05, 0) is 38.0 Å².